The number of hydrogen-bond donors (Lipinski definition) is 0. The molecule has 26 heavy (non-hydrogen) atoms. The van der Waals surface area contributed by atoms with Crippen LogP contribution in [0.2, 0.25) is 5.02 Å². The van der Waals surface area contributed by atoms with E-state index < -0.39 is 0 Å². The molecule has 0 radical (unpaired) electrons. The van der Waals surface area contributed by atoms with Crippen LogP contribution in [-0.4, -0.2) is 51.9 Å². The van der Waals surface area contributed by atoms with E-state index in [9.17, 15) is 9.59 Å². The third kappa shape index (κ3) is 4.20. The summed E-state index contributed by atoms with van der Waals surface area (Å²) in [6.45, 7) is 4.41. The molecule has 0 aliphatic carbocycles. The summed E-state index contributed by atoms with van der Waals surface area (Å²) in [4.78, 5) is 29.2. The first-order valence-electron chi connectivity index (χ1n) is 9.55. The van der Waals surface area contributed by atoms with Gasteiger partial charge in [-0.2, -0.15) is 0 Å². The van der Waals surface area contributed by atoms with Crippen LogP contribution in [-0.2, 0) is 4.79 Å². The van der Waals surface area contributed by atoms with Crippen LogP contribution in [0.5, 0.6) is 0 Å². The SMILES string of the molecule is CCCCCC(=O)N1CCC2(CC1)SCCN2C(=O)c1cccc(Cl)c1. The Bertz CT molecular complexity index is 659. The number of carbonyl (C=O) groups excluding carboxylic acids is 2. The molecule has 2 amide bonds. The van der Waals surface area contributed by atoms with Gasteiger partial charge < -0.3 is 9.80 Å². The lowest BCUT2D eigenvalue weighted by atomic mass is 10.00. The van der Waals surface area contributed by atoms with E-state index in [1.54, 1.807) is 12.1 Å². The van der Waals surface area contributed by atoms with Crippen LogP contribution in [0.15, 0.2) is 24.3 Å². The third-order valence-electron chi connectivity index (χ3n) is 5.39. The van der Waals surface area contributed by atoms with Crippen LogP contribution in [0.1, 0.15) is 55.8 Å². The Morgan fingerprint density at radius 1 is 1.19 bits per heavy atom. The van der Waals surface area contributed by atoms with E-state index in [-0.39, 0.29) is 16.7 Å². The smallest absolute Gasteiger partial charge is 0.255 e. The minimum absolute atomic E-state index is 0.0558. The molecule has 0 atom stereocenters. The van der Waals surface area contributed by atoms with E-state index in [4.69, 9.17) is 11.6 Å². The largest absolute Gasteiger partial charge is 0.342 e. The molecule has 2 saturated heterocycles. The summed E-state index contributed by atoms with van der Waals surface area (Å²) in [7, 11) is 0. The van der Waals surface area contributed by atoms with Gasteiger partial charge in [0, 0.05) is 42.4 Å². The lowest BCUT2D eigenvalue weighted by Gasteiger charge is -2.44. The average Bonchev–Trinajstić information content (AvgIpc) is 3.05. The summed E-state index contributed by atoms with van der Waals surface area (Å²) in [5, 5.41) is 0.587. The molecule has 2 aliphatic heterocycles. The highest BCUT2D eigenvalue weighted by atomic mass is 35.5. The Morgan fingerprint density at radius 3 is 2.65 bits per heavy atom. The zero-order valence-electron chi connectivity index (χ0n) is 15.4. The molecule has 0 saturated carbocycles. The van der Waals surface area contributed by atoms with Crippen molar-refractivity contribution in [3.63, 3.8) is 0 Å². The number of amides is 2. The molecule has 0 N–H and O–H groups in total. The Morgan fingerprint density at radius 2 is 1.96 bits per heavy atom. The van der Waals surface area contributed by atoms with Crippen LogP contribution in [0.3, 0.4) is 0 Å². The van der Waals surface area contributed by atoms with Gasteiger partial charge in [0.25, 0.3) is 5.91 Å². The maximum atomic E-state index is 13.0. The summed E-state index contributed by atoms with van der Waals surface area (Å²) in [6.07, 6.45) is 5.58. The van der Waals surface area contributed by atoms with Crippen LogP contribution >= 0.6 is 23.4 Å². The van der Waals surface area contributed by atoms with E-state index in [1.165, 1.54) is 0 Å². The average molecular weight is 395 g/mol. The number of likely N-dealkylation sites (tertiary alicyclic amines) is 1. The molecular weight excluding hydrogens is 368 g/mol. The minimum Gasteiger partial charge on any atom is -0.342 e. The van der Waals surface area contributed by atoms with Crippen molar-refractivity contribution in [2.45, 2.75) is 50.3 Å². The van der Waals surface area contributed by atoms with Crippen molar-refractivity contribution in [3.05, 3.63) is 34.9 Å². The van der Waals surface area contributed by atoms with Gasteiger partial charge in [-0.1, -0.05) is 37.4 Å². The molecule has 0 unspecified atom stereocenters. The monoisotopic (exact) mass is 394 g/mol. The van der Waals surface area contributed by atoms with Crippen LogP contribution in [0.25, 0.3) is 0 Å². The highest BCUT2D eigenvalue weighted by Crippen LogP contribution is 2.44. The number of carbonyl (C=O) groups is 2. The second kappa shape index (κ2) is 8.66. The van der Waals surface area contributed by atoms with Crippen molar-refractivity contribution in [2.24, 2.45) is 0 Å². The van der Waals surface area contributed by atoms with Crippen molar-refractivity contribution in [1.29, 1.82) is 0 Å². The zero-order chi connectivity index (χ0) is 18.6. The molecular formula is C20H27ClN2O2S. The van der Waals surface area contributed by atoms with E-state index >= 15 is 0 Å². The van der Waals surface area contributed by atoms with Crippen LogP contribution in [0.4, 0.5) is 0 Å². The molecule has 142 valence electrons. The maximum absolute atomic E-state index is 13.0. The van der Waals surface area contributed by atoms with Crippen molar-refractivity contribution >= 4 is 35.2 Å². The normalized spacial score (nSPS) is 19.2. The fraction of sp³-hybridized carbons (Fsp3) is 0.600. The number of piperidine rings is 1. The quantitative estimate of drug-likeness (QED) is 0.693. The molecule has 1 aromatic carbocycles. The zero-order valence-corrected chi connectivity index (χ0v) is 17.0. The number of halogens is 1. The van der Waals surface area contributed by atoms with Gasteiger partial charge in [-0.3, -0.25) is 9.59 Å². The first kappa shape index (κ1) is 19.6. The molecule has 2 aliphatic rings. The predicted octanol–water partition coefficient (Wildman–Crippen LogP) is 4.43. The summed E-state index contributed by atoms with van der Waals surface area (Å²) in [6, 6.07) is 7.18. The van der Waals surface area contributed by atoms with Gasteiger partial charge in [0.2, 0.25) is 5.91 Å². The summed E-state index contributed by atoms with van der Waals surface area (Å²) >= 11 is 7.93. The Kier molecular flexibility index (Phi) is 6.51. The number of thioether (sulfide) groups is 1. The second-order valence-electron chi connectivity index (χ2n) is 7.10. The third-order valence-corrected chi connectivity index (χ3v) is 7.17. The van der Waals surface area contributed by atoms with Crippen molar-refractivity contribution in [2.75, 3.05) is 25.4 Å². The van der Waals surface area contributed by atoms with E-state index in [0.717, 1.165) is 57.5 Å². The molecule has 1 spiro atoms. The van der Waals surface area contributed by atoms with Crippen molar-refractivity contribution < 1.29 is 9.59 Å². The second-order valence-corrected chi connectivity index (χ2v) is 8.99. The van der Waals surface area contributed by atoms with Gasteiger partial charge in [0.1, 0.15) is 0 Å². The number of nitrogens with zero attached hydrogens (tertiary/aromatic N) is 2. The van der Waals surface area contributed by atoms with E-state index in [1.807, 2.05) is 33.7 Å². The number of unbranched alkanes of at least 4 members (excludes halogenated alkanes) is 2. The Labute approximate surface area is 165 Å². The van der Waals surface area contributed by atoms with Gasteiger partial charge in [-0.25, -0.2) is 0 Å². The van der Waals surface area contributed by atoms with Crippen LogP contribution < -0.4 is 0 Å². The molecule has 2 fully saturated rings. The minimum atomic E-state index is -0.167. The predicted molar refractivity (Wildman–Crippen MR) is 108 cm³/mol. The standard InChI is InChI=1S/C20H27ClN2O2S/c1-2-3-4-8-18(24)22-11-9-20(10-12-22)23(13-14-26-20)19(25)16-6-5-7-17(21)15-16/h5-7,15H,2-4,8-14H2,1H3. The topological polar surface area (TPSA) is 40.6 Å². The summed E-state index contributed by atoms with van der Waals surface area (Å²) in [5.41, 5.74) is 0.650. The van der Waals surface area contributed by atoms with Crippen molar-refractivity contribution in [1.82, 2.24) is 9.80 Å². The summed E-state index contributed by atoms with van der Waals surface area (Å²) < 4.78 is 0. The van der Waals surface area contributed by atoms with E-state index in [0.29, 0.717) is 17.0 Å². The highest BCUT2D eigenvalue weighted by Gasteiger charge is 2.46. The molecule has 2 heterocycles. The molecule has 1 aromatic rings. The summed E-state index contributed by atoms with van der Waals surface area (Å²) in [5.74, 6) is 1.28. The lowest BCUT2D eigenvalue weighted by Crippen LogP contribution is -2.53. The van der Waals surface area contributed by atoms with Gasteiger partial charge in [-0.15, -0.1) is 11.8 Å². The molecule has 0 bridgehead atoms. The fourth-order valence-corrected chi connectivity index (χ4v) is 5.52. The fourth-order valence-electron chi connectivity index (χ4n) is 3.88. The maximum Gasteiger partial charge on any atom is 0.255 e. The lowest BCUT2D eigenvalue weighted by molar-refractivity contribution is -0.132. The number of rotatable bonds is 5. The molecule has 0 aromatic heterocycles. The molecule has 6 heteroatoms. The van der Waals surface area contributed by atoms with Crippen molar-refractivity contribution in [3.8, 4) is 0 Å². The van der Waals surface area contributed by atoms with Gasteiger partial charge >= 0.3 is 0 Å². The first-order chi connectivity index (χ1) is 12.6. The number of hydrogen-bond acceptors (Lipinski definition) is 3. The Hall–Kier alpha value is -1.20. The molecule has 4 nitrogen and oxygen atoms in total. The van der Waals surface area contributed by atoms with Gasteiger partial charge in [0.15, 0.2) is 0 Å². The van der Waals surface area contributed by atoms with Gasteiger partial charge in [-0.05, 0) is 37.5 Å². The van der Waals surface area contributed by atoms with Crippen LogP contribution in [0, 0.1) is 0 Å². The Balaban J connectivity index is 1.63. The van der Waals surface area contributed by atoms with Gasteiger partial charge in [0.05, 0.1) is 4.87 Å². The highest BCUT2D eigenvalue weighted by molar-refractivity contribution is 8.00. The molecule has 3 rings (SSSR count). The van der Waals surface area contributed by atoms with E-state index in [2.05, 4.69) is 6.92 Å². The number of benzene rings is 1. The first-order valence-corrected chi connectivity index (χ1v) is 10.9.